The average Bonchev–Trinajstić information content (AvgIpc) is 3.06. The molecular weight excluding hydrogens is 312 g/mol. The molecule has 0 saturated carbocycles. The Kier molecular flexibility index (Phi) is 6.50. The van der Waals surface area contributed by atoms with E-state index in [0.717, 1.165) is 22.3 Å². The molecule has 2 aromatic rings. The van der Waals surface area contributed by atoms with Gasteiger partial charge in [0.25, 0.3) is 0 Å². The van der Waals surface area contributed by atoms with Crippen molar-refractivity contribution in [3.63, 3.8) is 0 Å². The van der Waals surface area contributed by atoms with E-state index in [4.69, 9.17) is 16.0 Å². The number of furan rings is 1. The van der Waals surface area contributed by atoms with Crippen molar-refractivity contribution in [3.05, 3.63) is 59.0 Å². The summed E-state index contributed by atoms with van der Waals surface area (Å²) in [5, 5.41) is 7.36. The number of benzene rings is 1. The molecule has 124 valence electrons. The van der Waals surface area contributed by atoms with Crippen LogP contribution in [0.4, 0.5) is 0 Å². The molecule has 0 bridgehead atoms. The smallest absolute Gasteiger partial charge is 0.191 e. The van der Waals surface area contributed by atoms with Crippen LogP contribution in [0.1, 0.15) is 17.4 Å². The maximum atomic E-state index is 5.89. The standard InChI is InChI=1S/C17H23ClN4O/c1-19-17(20-11-13-6-8-14(18)9-7-13)21-12-15(22(2)3)16-5-4-10-23-16/h4-10,15H,11-12H2,1-3H3,(H2,19,20,21). The summed E-state index contributed by atoms with van der Waals surface area (Å²) < 4.78 is 5.51. The van der Waals surface area contributed by atoms with E-state index in [9.17, 15) is 0 Å². The van der Waals surface area contributed by atoms with Gasteiger partial charge in [0.05, 0.1) is 12.3 Å². The fourth-order valence-corrected chi connectivity index (χ4v) is 2.35. The lowest BCUT2D eigenvalue weighted by Gasteiger charge is -2.23. The third kappa shape index (κ3) is 5.30. The van der Waals surface area contributed by atoms with Gasteiger partial charge in [-0.05, 0) is 43.9 Å². The Morgan fingerprint density at radius 3 is 2.52 bits per heavy atom. The second-order valence-corrected chi connectivity index (χ2v) is 5.86. The number of likely N-dealkylation sites (N-methyl/N-ethyl adjacent to an activating group) is 1. The number of hydrogen-bond donors (Lipinski definition) is 2. The largest absolute Gasteiger partial charge is 0.468 e. The highest BCUT2D eigenvalue weighted by molar-refractivity contribution is 6.30. The fraction of sp³-hybridized carbons (Fsp3) is 0.353. The van der Waals surface area contributed by atoms with E-state index in [1.807, 2.05) is 50.5 Å². The van der Waals surface area contributed by atoms with Gasteiger partial charge in [-0.2, -0.15) is 0 Å². The highest BCUT2D eigenvalue weighted by Gasteiger charge is 2.17. The van der Waals surface area contributed by atoms with Crippen LogP contribution in [0.15, 0.2) is 52.1 Å². The van der Waals surface area contributed by atoms with Crippen LogP contribution in [0, 0.1) is 0 Å². The second-order valence-electron chi connectivity index (χ2n) is 5.43. The fourth-order valence-electron chi connectivity index (χ4n) is 2.22. The molecule has 0 radical (unpaired) electrons. The maximum absolute atomic E-state index is 5.89. The number of aliphatic imine (C=N–C) groups is 1. The molecule has 0 aliphatic rings. The van der Waals surface area contributed by atoms with Gasteiger partial charge in [-0.1, -0.05) is 23.7 Å². The Morgan fingerprint density at radius 2 is 1.96 bits per heavy atom. The summed E-state index contributed by atoms with van der Waals surface area (Å²) in [4.78, 5) is 6.36. The molecule has 0 aliphatic heterocycles. The molecule has 0 saturated heterocycles. The van der Waals surface area contributed by atoms with Crippen molar-refractivity contribution >= 4 is 17.6 Å². The average molecular weight is 335 g/mol. The van der Waals surface area contributed by atoms with Crippen LogP contribution in [0.2, 0.25) is 5.02 Å². The number of nitrogens with one attached hydrogen (secondary N) is 2. The van der Waals surface area contributed by atoms with Crippen molar-refractivity contribution in [1.29, 1.82) is 0 Å². The first kappa shape index (κ1) is 17.4. The number of guanidine groups is 1. The summed E-state index contributed by atoms with van der Waals surface area (Å²) in [5.41, 5.74) is 1.15. The molecular formula is C17H23ClN4O. The van der Waals surface area contributed by atoms with E-state index >= 15 is 0 Å². The van der Waals surface area contributed by atoms with E-state index in [0.29, 0.717) is 13.1 Å². The molecule has 1 atom stereocenters. The van der Waals surface area contributed by atoms with E-state index in [2.05, 4.69) is 20.5 Å². The first-order valence-corrected chi connectivity index (χ1v) is 7.86. The minimum absolute atomic E-state index is 0.138. The van der Waals surface area contributed by atoms with Crippen molar-refractivity contribution < 1.29 is 4.42 Å². The first-order valence-electron chi connectivity index (χ1n) is 7.49. The molecule has 1 aromatic heterocycles. The predicted octanol–water partition coefficient (Wildman–Crippen LogP) is 2.90. The Morgan fingerprint density at radius 1 is 1.22 bits per heavy atom. The molecule has 0 amide bonds. The topological polar surface area (TPSA) is 52.8 Å². The second kappa shape index (κ2) is 8.60. The predicted molar refractivity (Wildman–Crippen MR) is 94.8 cm³/mol. The first-order chi connectivity index (χ1) is 11.1. The normalized spacial score (nSPS) is 13.2. The van der Waals surface area contributed by atoms with Crippen LogP contribution in [-0.4, -0.2) is 38.5 Å². The molecule has 0 aliphatic carbocycles. The maximum Gasteiger partial charge on any atom is 0.191 e. The van der Waals surface area contributed by atoms with Gasteiger partial charge in [0, 0.05) is 25.2 Å². The zero-order valence-electron chi connectivity index (χ0n) is 13.7. The van der Waals surface area contributed by atoms with Gasteiger partial charge in [0.2, 0.25) is 0 Å². The number of rotatable bonds is 6. The molecule has 23 heavy (non-hydrogen) atoms. The summed E-state index contributed by atoms with van der Waals surface area (Å²) in [7, 11) is 5.81. The lowest BCUT2D eigenvalue weighted by Crippen LogP contribution is -2.41. The van der Waals surface area contributed by atoms with Crippen molar-refractivity contribution in [3.8, 4) is 0 Å². The minimum atomic E-state index is 0.138. The lowest BCUT2D eigenvalue weighted by molar-refractivity contribution is 0.258. The SMILES string of the molecule is CN=C(NCc1ccc(Cl)cc1)NCC(c1ccco1)N(C)C. The van der Waals surface area contributed by atoms with Gasteiger partial charge < -0.3 is 15.1 Å². The summed E-state index contributed by atoms with van der Waals surface area (Å²) in [6, 6.07) is 11.8. The summed E-state index contributed by atoms with van der Waals surface area (Å²) in [6.45, 7) is 1.38. The number of nitrogens with zero attached hydrogens (tertiary/aromatic N) is 2. The molecule has 2 N–H and O–H groups in total. The van der Waals surface area contributed by atoms with Gasteiger partial charge in [0.1, 0.15) is 5.76 Å². The molecule has 1 unspecified atom stereocenters. The number of halogens is 1. The lowest BCUT2D eigenvalue weighted by atomic mass is 10.2. The van der Waals surface area contributed by atoms with Crippen molar-refractivity contribution in [2.45, 2.75) is 12.6 Å². The quantitative estimate of drug-likeness (QED) is 0.630. The highest BCUT2D eigenvalue weighted by atomic mass is 35.5. The third-order valence-corrected chi connectivity index (χ3v) is 3.81. The van der Waals surface area contributed by atoms with Gasteiger partial charge in [0.15, 0.2) is 5.96 Å². The minimum Gasteiger partial charge on any atom is -0.468 e. The van der Waals surface area contributed by atoms with Crippen molar-refractivity contribution in [2.75, 3.05) is 27.7 Å². The van der Waals surface area contributed by atoms with Gasteiger partial charge >= 0.3 is 0 Å². The van der Waals surface area contributed by atoms with Crippen molar-refractivity contribution in [1.82, 2.24) is 15.5 Å². The molecule has 0 fully saturated rings. The molecule has 1 heterocycles. The van der Waals surface area contributed by atoms with Crippen LogP contribution in [0.5, 0.6) is 0 Å². The van der Waals surface area contributed by atoms with Crippen LogP contribution >= 0.6 is 11.6 Å². The summed E-state index contributed by atoms with van der Waals surface area (Å²) >= 11 is 5.89. The van der Waals surface area contributed by atoms with Crippen LogP contribution in [0.25, 0.3) is 0 Å². The Labute approximate surface area is 142 Å². The Hall–Kier alpha value is -1.98. The van der Waals surface area contributed by atoms with E-state index in [1.54, 1.807) is 13.3 Å². The van der Waals surface area contributed by atoms with Crippen LogP contribution < -0.4 is 10.6 Å². The van der Waals surface area contributed by atoms with E-state index < -0.39 is 0 Å². The van der Waals surface area contributed by atoms with Gasteiger partial charge in [-0.3, -0.25) is 9.89 Å². The molecule has 1 aromatic carbocycles. The molecule has 0 spiro atoms. The Balaban J connectivity index is 1.88. The third-order valence-electron chi connectivity index (χ3n) is 3.55. The van der Waals surface area contributed by atoms with Crippen LogP contribution in [-0.2, 0) is 6.54 Å². The molecule has 6 heteroatoms. The molecule has 2 rings (SSSR count). The number of hydrogen-bond acceptors (Lipinski definition) is 3. The summed E-state index contributed by atoms with van der Waals surface area (Å²) in [6.07, 6.45) is 1.69. The highest BCUT2D eigenvalue weighted by Crippen LogP contribution is 2.17. The van der Waals surface area contributed by atoms with Crippen LogP contribution in [0.3, 0.4) is 0 Å². The zero-order valence-corrected chi connectivity index (χ0v) is 14.5. The zero-order chi connectivity index (χ0) is 16.7. The van der Waals surface area contributed by atoms with E-state index in [1.165, 1.54) is 0 Å². The molecule has 5 nitrogen and oxygen atoms in total. The van der Waals surface area contributed by atoms with Gasteiger partial charge in [-0.25, -0.2) is 0 Å². The van der Waals surface area contributed by atoms with Crippen molar-refractivity contribution in [2.24, 2.45) is 4.99 Å². The monoisotopic (exact) mass is 334 g/mol. The summed E-state index contributed by atoms with van der Waals surface area (Å²) in [5.74, 6) is 1.68. The van der Waals surface area contributed by atoms with Gasteiger partial charge in [-0.15, -0.1) is 0 Å². The van der Waals surface area contributed by atoms with E-state index in [-0.39, 0.29) is 6.04 Å². The Bertz CT molecular complexity index is 608.